The average molecular weight is 358 g/mol. The molecule has 0 spiro atoms. The van der Waals surface area contributed by atoms with E-state index in [1.165, 1.54) is 43.3 Å². The molecule has 8 nitrogen and oxygen atoms in total. The summed E-state index contributed by atoms with van der Waals surface area (Å²) in [5.41, 5.74) is 0.137. The number of benzene rings is 2. The first-order valence-corrected chi connectivity index (χ1v) is 7.38. The summed E-state index contributed by atoms with van der Waals surface area (Å²) < 4.78 is 0. The predicted molar refractivity (Wildman–Crippen MR) is 92.3 cm³/mol. The third-order valence-corrected chi connectivity index (χ3v) is 3.57. The Morgan fingerprint density at radius 2 is 1.72 bits per heavy atom. The van der Waals surface area contributed by atoms with Gasteiger partial charge in [0.05, 0.1) is 10.9 Å². The standard InChI is InChI=1S/C16H13N3O5S/c1-9-10(6-4-8-13(9)19(23)24)14(20)18-16(25)17-12-7-3-2-5-11(12)15(21)22/h2-8H,1H3,(H,21,22)(H2,17,18,20,25)/p-1. The van der Waals surface area contributed by atoms with Crippen LogP contribution in [0, 0.1) is 17.0 Å². The van der Waals surface area contributed by atoms with Crippen LogP contribution in [0.1, 0.15) is 26.3 Å². The maximum atomic E-state index is 12.3. The van der Waals surface area contributed by atoms with Crippen molar-refractivity contribution in [3.05, 3.63) is 69.3 Å². The highest BCUT2D eigenvalue weighted by Gasteiger charge is 2.18. The van der Waals surface area contributed by atoms with E-state index in [2.05, 4.69) is 10.6 Å². The molecule has 0 aliphatic rings. The molecule has 2 aromatic carbocycles. The number of carbonyl (C=O) groups is 2. The Morgan fingerprint density at radius 3 is 2.36 bits per heavy atom. The van der Waals surface area contributed by atoms with E-state index in [1.807, 2.05) is 0 Å². The molecule has 0 aliphatic carbocycles. The molecule has 9 heteroatoms. The summed E-state index contributed by atoms with van der Waals surface area (Å²) in [6.07, 6.45) is 0. The number of carboxylic acid groups (broad SMARTS) is 1. The predicted octanol–water partition coefficient (Wildman–Crippen LogP) is 1.39. The van der Waals surface area contributed by atoms with E-state index in [-0.39, 0.29) is 33.2 Å². The molecule has 2 rings (SSSR count). The summed E-state index contributed by atoms with van der Waals surface area (Å²) in [5, 5.41) is 26.8. The lowest BCUT2D eigenvalue weighted by Gasteiger charge is -2.14. The fourth-order valence-corrected chi connectivity index (χ4v) is 2.36. The van der Waals surface area contributed by atoms with Crippen molar-refractivity contribution in [1.29, 1.82) is 0 Å². The number of anilines is 1. The van der Waals surface area contributed by atoms with Gasteiger partial charge in [-0.05, 0) is 31.3 Å². The fourth-order valence-electron chi connectivity index (χ4n) is 2.16. The molecule has 1 amide bonds. The summed E-state index contributed by atoms with van der Waals surface area (Å²) in [7, 11) is 0. The number of thiocarbonyl (C=S) groups is 1. The number of carbonyl (C=O) groups excluding carboxylic acids is 2. The summed E-state index contributed by atoms with van der Waals surface area (Å²) in [6, 6.07) is 10.00. The number of nitrogens with zero attached hydrogens (tertiary/aromatic N) is 1. The van der Waals surface area contributed by atoms with Gasteiger partial charge < -0.3 is 15.2 Å². The highest BCUT2D eigenvalue weighted by Crippen LogP contribution is 2.21. The first-order valence-electron chi connectivity index (χ1n) is 6.98. The van der Waals surface area contributed by atoms with Crippen molar-refractivity contribution in [2.24, 2.45) is 0 Å². The highest BCUT2D eigenvalue weighted by atomic mass is 32.1. The normalized spacial score (nSPS) is 9.96. The first kappa shape index (κ1) is 18.0. The minimum atomic E-state index is -1.40. The third-order valence-electron chi connectivity index (χ3n) is 3.37. The lowest BCUT2D eigenvalue weighted by atomic mass is 10.1. The number of hydrogen-bond donors (Lipinski definition) is 2. The van der Waals surface area contributed by atoms with Gasteiger partial charge >= 0.3 is 0 Å². The molecular formula is C16H12N3O5S-. The molecule has 0 atom stereocenters. The summed E-state index contributed by atoms with van der Waals surface area (Å²) >= 11 is 5.00. The van der Waals surface area contributed by atoms with Gasteiger partial charge in [0.25, 0.3) is 11.6 Å². The zero-order valence-corrected chi connectivity index (χ0v) is 13.8. The molecule has 0 radical (unpaired) electrons. The Kier molecular flexibility index (Phi) is 5.40. The lowest BCUT2D eigenvalue weighted by Crippen LogP contribution is -2.35. The van der Waals surface area contributed by atoms with Crippen LogP contribution in [0.2, 0.25) is 0 Å². The Morgan fingerprint density at radius 1 is 1.08 bits per heavy atom. The van der Waals surface area contributed by atoms with Crippen LogP contribution in [0.25, 0.3) is 0 Å². The monoisotopic (exact) mass is 358 g/mol. The number of nitrogens with one attached hydrogen (secondary N) is 2. The number of rotatable bonds is 4. The minimum absolute atomic E-state index is 0.0894. The molecule has 0 saturated carbocycles. The molecule has 0 aliphatic heterocycles. The molecule has 25 heavy (non-hydrogen) atoms. The molecule has 0 heterocycles. The van der Waals surface area contributed by atoms with Crippen LogP contribution in [0.3, 0.4) is 0 Å². The Labute approximate surface area is 147 Å². The van der Waals surface area contributed by atoms with Crippen molar-refractivity contribution in [3.8, 4) is 0 Å². The van der Waals surface area contributed by atoms with E-state index in [9.17, 15) is 24.8 Å². The van der Waals surface area contributed by atoms with Crippen LogP contribution in [-0.4, -0.2) is 21.9 Å². The van der Waals surface area contributed by atoms with E-state index in [0.29, 0.717) is 0 Å². The van der Waals surface area contributed by atoms with Gasteiger partial charge in [-0.25, -0.2) is 0 Å². The van der Waals surface area contributed by atoms with Crippen LogP contribution >= 0.6 is 12.2 Å². The molecular weight excluding hydrogens is 346 g/mol. The van der Waals surface area contributed by atoms with Crippen molar-refractivity contribution < 1.29 is 19.6 Å². The fraction of sp³-hybridized carbons (Fsp3) is 0.0625. The van der Waals surface area contributed by atoms with Crippen molar-refractivity contribution in [1.82, 2.24) is 5.32 Å². The Bertz CT molecular complexity index is 882. The van der Waals surface area contributed by atoms with E-state index >= 15 is 0 Å². The number of para-hydroxylation sites is 1. The van der Waals surface area contributed by atoms with Gasteiger partial charge in [-0.3, -0.25) is 20.2 Å². The van der Waals surface area contributed by atoms with Crippen LogP contribution < -0.4 is 15.7 Å². The number of nitro benzene ring substituents is 1. The second kappa shape index (κ2) is 7.49. The molecule has 2 N–H and O–H groups in total. The van der Waals surface area contributed by atoms with Gasteiger partial charge in [-0.1, -0.05) is 24.3 Å². The topological polar surface area (TPSA) is 124 Å². The second-order valence-corrected chi connectivity index (χ2v) is 5.36. The number of hydrogen-bond acceptors (Lipinski definition) is 6. The summed E-state index contributed by atoms with van der Waals surface area (Å²) in [5.74, 6) is -2.05. The van der Waals surface area contributed by atoms with E-state index in [4.69, 9.17) is 12.2 Å². The third kappa shape index (κ3) is 4.15. The Balaban J connectivity index is 2.17. The maximum absolute atomic E-state index is 12.3. The number of aromatic carboxylic acids is 1. The maximum Gasteiger partial charge on any atom is 0.273 e. The first-order chi connectivity index (χ1) is 11.8. The van der Waals surface area contributed by atoms with Crippen molar-refractivity contribution in [2.45, 2.75) is 6.92 Å². The molecule has 0 bridgehead atoms. The average Bonchev–Trinajstić information content (AvgIpc) is 2.54. The van der Waals surface area contributed by atoms with Crippen LogP contribution in [-0.2, 0) is 0 Å². The highest BCUT2D eigenvalue weighted by molar-refractivity contribution is 7.80. The van der Waals surface area contributed by atoms with E-state index in [0.717, 1.165) is 0 Å². The van der Waals surface area contributed by atoms with Gasteiger partial charge in [-0.15, -0.1) is 0 Å². The zero-order valence-electron chi connectivity index (χ0n) is 12.9. The molecule has 0 unspecified atom stereocenters. The lowest BCUT2D eigenvalue weighted by molar-refractivity contribution is -0.385. The van der Waals surface area contributed by atoms with Crippen molar-refractivity contribution >= 4 is 40.6 Å². The molecule has 0 aromatic heterocycles. The van der Waals surface area contributed by atoms with Gasteiger partial charge in [0.2, 0.25) is 0 Å². The van der Waals surface area contributed by atoms with Gasteiger partial charge in [-0.2, -0.15) is 0 Å². The minimum Gasteiger partial charge on any atom is -0.545 e. The number of nitro groups is 1. The summed E-state index contributed by atoms with van der Waals surface area (Å²) in [6.45, 7) is 1.45. The molecule has 2 aromatic rings. The molecule has 0 fully saturated rings. The number of carboxylic acids is 1. The van der Waals surface area contributed by atoms with Crippen LogP contribution in [0.4, 0.5) is 11.4 Å². The largest absolute Gasteiger partial charge is 0.545 e. The zero-order chi connectivity index (χ0) is 18.6. The van der Waals surface area contributed by atoms with Crippen LogP contribution in [0.5, 0.6) is 0 Å². The van der Waals surface area contributed by atoms with Crippen LogP contribution in [0.15, 0.2) is 42.5 Å². The smallest absolute Gasteiger partial charge is 0.273 e. The van der Waals surface area contributed by atoms with Gasteiger partial charge in [0, 0.05) is 28.4 Å². The van der Waals surface area contributed by atoms with E-state index in [1.54, 1.807) is 6.07 Å². The molecule has 0 saturated heterocycles. The van der Waals surface area contributed by atoms with E-state index < -0.39 is 16.8 Å². The molecule has 128 valence electrons. The van der Waals surface area contributed by atoms with Gasteiger partial charge in [0.1, 0.15) is 0 Å². The second-order valence-electron chi connectivity index (χ2n) is 4.95. The SMILES string of the molecule is Cc1c(C(=O)NC(=S)Nc2ccccc2C(=O)[O-])cccc1[N+](=O)[O-]. The van der Waals surface area contributed by atoms with Gasteiger partial charge in [0.15, 0.2) is 5.11 Å². The summed E-state index contributed by atoms with van der Waals surface area (Å²) in [4.78, 5) is 33.7. The quantitative estimate of drug-likeness (QED) is 0.481. The number of amides is 1. The van der Waals surface area contributed by atoms with Crippen molar-refractivity contribution in [2.75, 3.05) is 5.32 Å². The van der Waals surface area contributed by atoms with Crippen molar-refractivity contribution in [3.63, 3.8) is 0 Å². The Hall–Kier alpha value is -3.33.